The van der Waals surface area contributed by atoms with E-state index in [1.807, 2.05) is 13.8 Å². The van der Waals surface area contributed by atoms with E-state index >= 15 is 0 Å². The lowest BCUT2D eigenvalue weighted by Gasteiger charge is -2.26. The van der Waals surface area contributed by atoms with Crippen LogP contribution >= 0.6 is 0 Å². The average molecular weight is 526 g/mol. The van der Waals surface area contributed by atoms with E-state index in [-0.39, 0.29) is 22.2 Å². The highest BCUT2D eigenvalue weighted by molar-refractivity contribution is 7.92. The van der Waals surface area contributed by atoms with Crippen LogP contribution in [-0.2, 0) is 14.8 Å². The number of hydrogen-bond donors (Lipinski definition) is 1. The Hall–Kier alpha value is -4.05. The molecule has 0 atom stereocenters. The fourth-order valence-electron chi connectivity index (χ4n) is 3.79. The molecule has 9 nitrogen and oxygen atoms in total. The summed E-state index contributed by atoms with van der Waals surface area (Å²) in [6, 6.07) is 19.1. The van der Waals surface area contributed by atoms with Crippen LogP contribution in [0.2, 0.25) is 0 Å². The number of benzene rings is 3. The molecule has 0 radical (unpaired) electrons. The third kappa shape index (κ3) is 6.21. The molecule has 0 aliphatic carbocycles. The number of carbonyl (C=O) groups is 2. The molecule has 3 rings (SSSR count). The SMILES string of the molecule is CCN(CC)C(=O)c1ccccc1NC(=O)CN(c1cc(OC)ccc1OC)S(=O)(=O)c1ccccc1. The van der Waals surface area contributed by atoms with Gasteiger partial charge in [-0.3, -0.25) is 13.9 Å². The molecule has 0 saturated heterocycles. The van der Waals surface area contributed by atoms with Crippen molar-refractivity contribution < 1.29 is 27.5 Å². The lowest BCUT2D eigenvalue weighted by atomic mass is 10.1. The molecule has 0 aromatic heterocycles. The maximum atomic E-state index is 13.7. The summed E-state index contributed by atoms with van der Waals surface area (Å²) in [4.78, 5) is 27.9. The van der Waals surface area contributed by atoms with Gasteiger partial charge in [0.25, 0.3) is 15.9 Å². The Morgan fingerprint density at radius 2 is 1.51 bits per heavy atom. The van der Waals surface area contributed by atoms with E-state index in [0.717, 1.165) is 4.31 Å². The molecule has 10 heteroatoms. The molecule has 0 saturated carbocycles. The normalized spacial score (nSPS) is 10.9. The minimum atomic E-state index is -4.19. The van der Waals surface area contributed by atoms with Crippen LogP contribution < -0.4 is 19.1 Å². The molecule has 3 aromatic rings. The third-order valence-corrected chi connectivity index (χ3v) is 7.53. The largest absolute Gasteiger partial charge is 0.497 e. The number of ether oxygens (including phenoxy) is 2. The van der Waals surface area contributed by atoms with E-state index in [4.69, 9.17) is 9.47 Å². The molecule has 0 bridgehead atoms. The van der Waals surface area contributed by atoms with Crippen molar-refractivity contribution in [3.8, 4) is 11.5 Å². The first kappa shape index (κ1) is 27.5. The number of sulfonamides is 1. The van der Waals surface area contributed by atoms with E-state index in [2.05, 4.69) is 5.32 Å². The van der Waals surface area contributed by atoms with Crippen LogP contribution in [0.1, 0.15) is 24.2 Å². The monoisotopic (exact) mass is 525 g/mol. The Bertz CT molecular complexity index is 1340. The van der Waals surface area contributed by atoms with Gasteiger partial charge in [-0.05, 0) is 50.2 Å². The number of hydrogen-bond acceptors (Lipinski definition) is 6. The zero-order valence-electron chi connectivity index (χ0n) is 21.3. The standard InChI is InChI=1S/C27H31N3O6S/c1-5-29(6-2)27(32)22-14-10-11-15-23(22)28-26(31)19-30(37(33,34)21-12-8-7-9-13-21)24-18-20(35-3)16-17-25(24)36-4/h7-18H,5-6,19H2,1-4H3,(H,28,31). The van der Waals surface area contributed by atoms with Crippen LogP contribution in [0.4, 0.5) is 11.4 Å². The third-order valence-electron chi connectivity index (χ3n) is 5.76. The van der Waals surface area contributed by atoms with Crippen LogP contribution in [0.25, 0.3) is 0 Å². The molecule has 3 aromatic carbocycles. The second-order valence-corrected chi connectivity index (χ2v) is 9.80. The molecule has 0 fully saturated rings. The molecule has 37 heavy (non-hydrogen) atoms. The quantitative estimate of drug-likeness (QED) is 0.405. The van der Waals surface area contributed by atoms with Crippen LogP contribution in [-0.4, -0.2) is 59.0 Å². The number of nitrogens with one attached hydrogen (secondary N) is 1. The van der Waals surface area contributed by atoms with Gasteiger partial charge in [0.15, 0.2) is 0 Å². The number of anilines is 2. The summed E-state index contributed by atoms with van der Waals surface area (Å²) >= 11 is 0. The summed E-state index contributed by atoms with van der Waals surface area (Å²) in [7, 11) is -1.32. The number of nitrogens with zero attached hydrogens (tertiary/aromatic N) is 2. The van der Waals surface area contributed by atoms with Gasteiger partial charge >= 0.3 is 0 Å². The van der Waals surface area contributed by atoms with Crippen molar-refractivity contribution in [2.24, 2.45) is 0 Å². The highest BCUT2D eigenvalue weighted by Crippen LogP contribution is 2.35. The first-order chi connectivity index (χ1) is 17.8. The van der Waals surface area contributed by atoms with Crippen molar-refractivity contribution in [2.75, 3.05) is 43.5 Å². The van der Waals surface area contributed by atoms with Crippen LogP contribution in [0.5, 0.6) is 11.5 Å². The minimum Gasteiger partial charge on any atom is -0.497 e. The number of methoxy groups -OCH3 is 2. The molecule has 196 valence electrons. The lowest BCUT2D eigenvalue weighted by Crippen LogP contribution is -2.39. The lowest BCUT2D eigenvalue weighted by molar-refractivity contribution is -0.114. The molecular weight excluding hydrogens is 494 g/mol. The van der Waals surface area contributed by atoms with Crippen molar-refractivity contribution in [1.29, 1.82) is 0 Å². The predicted molar refractivity (Wildman–Crippen MR) is 143 cm³/mol. The summed E-state index contributed by atoms with van der Waals surface area (Å²) in [6.07, 6.45) is 0. The van der Waals surface area contributed by atoms with E-state index in [0.29, 0.717) is 30.1 Å². The van der Waals surface area contributed by atoms with Gasteiger partial charge in [-0.15, -0.1) is 0 Å². The van der Waals surface area contributed by atoms with Crippen LogP contribution in [0.15, 0.2) is 77.7 Å². The Morgan fingerprint density at radius 1 is 0.865 bits per heavy atom. The second-order valence-electron chi connectivity index (χ2n) is 7.93. The summed E-state index contributed by atoms with van der Waals surface area (Å²) in [6.45, 7) is 4.19. The van der Waals surface area contributed by atoms with Gasteiger partial charge in [-0.2, -0.15) is 0 Å². The first-order valence-electron chi connectivity index (χ1n) is 11.7. The van der Waals surface area contributed by atoms with Gasteiger partial charge in [0.05, 0.1) is 36.1 Å². The highest BCUT2D eigenvalue weighted by Gasteiger charge is 2.30. The number of rotatable bonds is 11. The number of carbonyl (C=O) groups excluding carboxylic acids is 2. The average Bonchev–Trinajstić information content (AvgIpc) is 2.92. The Morgan fingerprint density at radius 3 is 2.14 bits per heavy atom. The second kappa shape index (κ2) is 12.3. The molecule has 0 heterocycles. The maximum Gasteiger partial charge on any atom is 0.264 e. The summed E-state index contributed by atoms with van der Waals surface area (Å²) in [5, 5.41) is 2.72. The van der Waals surface area contributed by atoms with Crippen molar-refractivity contribution in [2.45, 2.75) is 18.7 Å². The van der Waals surface area contributed by atoms with Crippen molar-refractivity contribution >= 4 is 33.2 Å². The number of amides is 2. The topological polar surface area (TPSA) is 105 Å². The van der Waals surface area contributed by atoms with Gasteiger partial charge in [0.2, 0.25) is 5.91 Å². The van der Waals surface area contributed by atoms with Gasteiger partial charge in [-0.25, -0.2) is 8.42 Å². The maximum absolute atomic E-state index is 13.7. The van der Waals surface area contributed by atoms with Crippen LogP contribution in [0.3, 0.4) is 0 Å². The van der Waals surface area contributed by atoms with Gasteiger partial charge in [0.1, 0.15) is 18.0 Å². The van der Waals surface area contributed by atoms with Crippen molar-refractivity contribution in [3.63, 3.8) is 0 Å². The molecule has 0 aliphatic heterocycles. The van der Waals surface area contributed by atoms with Crippen LogP contribution in [0, 0.1) is 0 Å². The summed E-state index contributed by atoms with van der Waals surface area (Å²) in [5.74, 6) is -0.238. The molecule has 2 amide bonds. The first-order valence-corrected chi connectivity index (χ1v) is 13.2. The van der Waals surface area contributed by atoms with Gasteiger partial charge < -0.3 is 19.7 Å². The summed E-state index contributed by atoms with van der Waals surface area (Å²) in [5.41, 5.74) is 0.739. The molecule has 0 spiro atoms. The predicted octanol–water partition coefficient (Wildman–Crippen LogP) is 4.02. The van der Waals surface area contributed by atoms with Gasteiger partial charge in [0, 0.05) is 19.2 Å². The van der Waals surface area contributed by atoms with E-state index in [1.165, 1.54) is 32.4 Å². The van der Waals surface area contributed by atoms with E-state index in [1.54, 1.807) is 59.5 Å². The molecular formula is C27H31N3O6S. The molecule has 1 N–H and O–H groups in total. The van der Waals surface area contributed by atoms with E-state index < -0.39 is 22.5 Å². The fourth-order valence-corrected chi connectivity index (χ4v) is 5.24. The number of para-hydroxylation sites is 1. The fraction of sp³-hybridized carbons (Fsp3) is 0.259. The Labute approximate surface area is 217 Å². The molecule has 0 unspecified atom stereocenters. The smallest absolute Gasteiger partial charge is 0.264 e. The van der Waals surface area contributed by atoms with E-state index in [9.17, 15) is 18.0 Å². The highest BCUT2D eigenvalue weighted by atomic mass is 32.2. The Kier molecular flexibility index (Phi) is 9.13. The summed E-state index contributed by atoms with van der Waals surface area (Å²) < 4.78 is 39.1. The zero-order chi connectivity index (χ0) is 27.0. The molecule has 0 aliphatic rings. The Balaban J connectivity index is 2.02. The van der Waals surface area contributed by atoms with Gasteiger partial charge in [-0.1, -0.05) is 30.3 Å². The van der Waals surface area contributed by atoms with Crippen molar-refractivity contribution in [1.82, 2.24) is 4.90 Å². The minimum absolute atomic E-state index is 0.00443. The zero-order valence-corrected chi connectivity index (χ0v) is 22.1. The van der Waals surface area contributed by atoms with Crippen molar-refractivity contribution in [3.05, 3.63) is 78.4 Å².